The Morgan fingerprint density at radius 1 is 1.24 bits per heavy atom. The molecule has 2 heteroatoms. The zero-order valence-electron chi connectivity index (χ0n) is 12.0. The first-order valence-electron chi connectivity index (χ1n) is 6.37. The molecule has 0 saturated carbocycles. The van der Waals surface area contributed by atoms with Crippen LogP contribution in [0.2, 0.25) is 0 Å². The summed E-state index contributed by atoms with van der Waals surface area (Å²) in [5.41, 5.74) is 2.85. The van der Waals surface area contributed by atoms with Gasteiger partial charge in [-0.05, 0) is 29.7 Å². The third-order valence-corrected chi connectivity index (χ3v) is 2.99. The lowest BCUT2D eigenvalue weighted by Gasteiger charge is -2.32. The van der Waals surface area contributed by atoms with E-state index in [-0.39, 0.29) is 5.41 Å². The van der Waals surface area contributed by atoms with E-state index < -0.39 is 0 Å². The van der Waals surface area contributed by atoms with Crippen molar-refractivity contribution in [2.45, 2.75) is 33.7 Å². The summed E-state index contributed by atoms with van der Waals surface area (Å²) in [6, 6.07) is 9.17. The quantitative estimate of drug-likeness (QED) is 0.858. The highest BCUT2D eigenvalue weighted by atomic mass is 15.1. The molecule has 0 spiro atoms. The van der Waals surface area contributed by atoms with Gasteiger partial charge in [-0.3, -0.25) is 0 Å². The van der Waals surface area contributed by atoms with E-state index in [4.69, 9.17) is 0 Å². The average molecular weight is 234 g/mol. The second-order valence-electron chi connectivity index (χ2n) is 5.85. The number of benzene rings is 1. The van der Waals surface area contributed by atoms with E-state index in [0.717, 1.165) is 6.54 Å². The first-order chi connectivity index (χ1) is 7.86. The fourth-order valence-corrected chi connectivity index (χ4v) is 2.11. The predicted octanol–water partition coefficient (Wildman–Crippen LogP) is 3.45. The summed E-state index contributed by atoms with van der Waals surface area (Å²) >= 11 is 0. The summed E-state index contributed by atoms with van der Waals surface area (Å²) in [4.78, 5) is 2.15. The number of nitrogens with one attached hydrogen (secondary N) is 1. The molecule has 1 unspecified atom stereocenters. The van der Waals surface area contributed by atoms with Crippen molar-refractivity contribution in [3.63, 3.8) is 0 Å². The normalized spacial score (nSPS) is 13.5. The number of hydrogen-bond acceptors (Lipinski definition) is 2. The van der Waals surface area contributed by atoms with Crippen molar-refractivity contribution in [3.05, 3.63) is 29.8 Å². The number of hydrogen-bond donors (Lipinski definition) is 1. The first-order valence-corrected chi connectivity index (χ1v) is 6.37. The zero-order valence-corrected chi connectivity index (χ0v) is 12.0. The molecule has 17 heavy (non-hydrogen) atoms. The number of anilines is 1. The van der Waals surface area contributed by atoms with Crippen LogP contribution in [-0.4, -0.2) is 20.6 Å². The van der Waals surface area contributed by atoms with Gasteiger partial charge in [0.2, 0.25) is 0 Å². The summed E-state index contributed by atoms with van der Waals surface area (Å²) in [5.74, 6) is 0. The van der Waals surface area contributed by atoms with Crippen LogP contribution in [0.4, 0.5) is 5.69 Å². The van der Waals surface area contributed by atoms with E-state index in [1.54, 1.807) is 0 Å². The second-order valence-corrected chi connectivity index (χ2v) is 5.85. The lowest BCUT2D eigenvalue weighted by atomic mass is 9.82. The van der Waals surface area contributed by atoms with Crippen molar-refractivity contribution in [2.24, 2.45) is 5.41 Å². The van der Waals surface area contributed by atoms with Crippen LogP contribution in [0.3, 0.4) is 0 Å². The molecular weight excluding hydrogens is 208 g/mol. The Bertz CT molecular complexity index is 350. The maximum atomic E-state index is 3.59. The van der Waals surface area contributed by atoms with Gasteiger partial charge < -0.3 is 10.2 Å². The van der Waals surface area contributed by atoms with Gasteiger partial charge in [0.1, 0.15) is 0 Å². The van der Waals surface area contributed by atoms with Crippen LogP contribution < -0.4 is 10.2 Å². The maximum absolute atomic E-state index is 3.59. The Labute approximate surface area is 106 Å². The summed E-state index contributed by atoms with van der Waals surface area (Å²) in [6.45, 7) is 10.00. The molecule has 0 aromatic heterocycles. The van der Waals surface area contributed by atoms with Crippen LogP contribution in [0.25, 0.3) is 0 Å². The van der Waals surface area contributed by atoms with E-state index in [1.807, 2.05) is 0 Å². The molecule has 96 valence electrons. The predicted molar refractivity (Wildman–Crippen MR) is 76.6 cm³/mol. The highest BCUT2D eigenvalue weighted by molar-refractivity contribution is 5.48. The number of nitrogens with zero attached hydrogens (tertiary/aromatic N) is 1. The monoisotopic (exact) mass is 234 g/mol. The molecular formula is C15H26N2. The van der Waals surface area contributed by atoms with Gasteiger partial charge in [-0.15, -0.1) is 0 Å². The van der Waals surface area contributed by atoms with Crippen LogP contribution in [0.1, 0.15) is 39.3 Å². The van der Waals surface area contributed by atoms with Gasteiger partial charge in [0.05, 0.1) is 0 Å². The van der Waals surface area contributed by atoms with Crippen LogP contribution >= 0.6 is 0 Å². The molecule has 0 radical (unpaired) electrons. The van der Waals surface area contributed by atoms with E-state index in [0.29, 0.717) is 6.04 Å². The molecule has 1 aromatic rings. The largest absolute Gasteiger partial charge is 0.378 e. The fourth-order valence-electron chi connectivity index (χ4n) is 2.11. The third kappa shape index (κ3) is 3.74. The van der Waals surface area contributed by atoms with Crippen LogP contribution in [-0.2, 0) is 0 Å². The summed E-state index contributed by atoms with van der Waals surface area (Å²) in [6.07, 6.45) is 0. The zero-order chi connectivity index (χ0) is 13.1. The van der Waals surface area contributed by atoms with Crippen molar-refractivity contribution in [1.29, 1.82) is 0 Å². The van der Waals surface area contributed by atoms with Gasteiger partial charge in [0.15, 0.2) is 0 Å². The van der Waals surface area contributed by atoms with Crippen molar-refractivity contribution in [3.8, 4) is 0 Å². The number of rotatable bonds is 4. The molecule has 0 fully saturated rings. The fraction of sp³-hybridized carbons (Fsp3) is 0.600. The van der Waals surface area contributed by atoms with Gasteiger partial charge in [-0.25, -0.2) is 0 Å². The Morgan fingerprint density at radius 2 is 1.88 bits per heavy atom. The minimum Gasteiger partial charge on any atom is -0.378 e. The Kier molecular flexibility index (Phi) is 4.58. The van der Waals surface area contributed by atoms with Gasteiger partial charge in [-0.1, -0.05) is 39.8 Å². The lowest BCUT2D eigenvalue weighted by molar-refractivity contribution is 0.277. The van der Waals surface area contributed by atoms with Crippen molar-refractivity contribution >= 4 is 5.69 Å². The van der Waals surface area contributed by atoms with Crippen LogP contribution in [0, 0.1) is 5.41 Å². The molecule has 1 rings (SSSR count). The van der Waals surface area contributed by atoms with E-state index in [1.165, 1.54) is 11.3 Å². The average Bonchev–Trinajstić information content (AvgIpc) is 2.24. The van der Waals surface area contributed by atoms with Crippen LogP contribution in [0.5, 0.6) is 0 Å². The van der Waals surface area contributed by atoms with Gasteiger partial charge in [-0.2, -0.15) is 0 Å². The highest BCUT2D eigenvalue weighted by Gasteiger charge is 2.25. The molecule has 0 saturated heterocycles. The highest BCUT2D eigenvalue weighted by Crippen LogP contribution is 2.33. The third-order valence-electron chi connectivity index (χ3n) is 2.99. The van der Waals surface area contributed by atoms with E-state index in [9.17, 15) is 0 Å². The van der Waals surface area contributed by atoms with Gasteiger partial charge in [0.25, 0.3) is 0 Å². The summed E-state index contributed by atoms with van der Waals surface area (Å²) in [7, 11) is 4.16. The van der Waals surface area contributed by atoms with Crippen molar-refractivity contribution in [2.75, 3.05) is 25.5 Å². The Hall–Kier alpha value is -1.02. The van der Waals surface area contributed by atoms with Gasteiger partial charge in [0, 0.05) is 25.8 Å². The molecule has 1 aromatic carbocycles. The molecule has 2 nitrogen and oxygen atoms in total. The molecule has 0 aliphatic carbocycles. The Balaban J connectivity index is 3.06. The van der Waals surface area contributed by atoms with Crippen molar-refractivity contribution < 1.29 is 0 Å². The smallest absolute Gasteiger partial charge is 0.0369 e. The lowest BCUT2D eigenvalue weighted by Crippen LogP contribution is -2.32. The van der Waals surface area contributed by atoms with E-state index in [2.05, 4.69) is 76.3 Å². The topological polar surface area (TPSA) is 15.3 Å². The van der Waals surface area contributed by atoms with Gasteiger partial charge >= 0.3 is 0 Å². The van der Waals surface area contributed by atoms with Crippen LogP contribution in [0.15, 0.2) is 24.3 Å². The standard InChI is InChI=1S/C15H26N2/c1-7-16-14(15(2,3)4)12-9-8-10-13(11-12)17(5)6/h8-11,14,16H,7H2,1-6H3. The first kappa shape index (κ1) is 14.0. The minimum absolute atomic E-state index is 0.223. The maximum Gasteiger partial charge on any atom is 0.0369 e. The second kappa shape index (κ2) is 5.54. The SMILES string of the molecule is CCNC(c1cccc(N(C)C)c1)C(C)(C)C. The molecule has 1 atom stereocenters. The Morgan fingerprint density at radius 3 is 2.35 bits per heavy atom. The molecule has 0 aliphatic heterocycles. The molecule has 0 amide bonds. The molecule has 0 heterocycles. The molecule has 1 N–H and O–H groups in total. The summed E-state index contributed by atoms with van der Waals surface area (Å²) < 4.78 is 0. The summed E-state index contributed by atoms with van der Waals surface area (Å²) in [5, 5.41) is 3.59. The molecule has 0 aliphatic rings. The minimum atomic E-state index is 0.223. The van der Waals surface area contributed by atoms with E-state index >= 15 is 0 Å². The van der Waals surface area contributed by atoms with Crippen molar-refractivity contribution in [1.82, 2.24) is 5.32 Å². The molecule has 0 bridgehead atoms.